The van der Waals surface area contributed by atoms with Gasteiger partial charge >= 0.3 is 0 Å². The number of carbonyl (C=O) groups excluding carboxylic acids is 1. The molecule has 100 valence electrons. The van der Waals surface area contributed by atoms with Crippen molar-refractivity contribution in [1.82, 2.24) is 9.78 Å². The molecule has 0 bridgehead atoms. The van der Waals surface area contributed by atoms with E-state index in [-0.39, 0.29) is 11.8 Å². The first kappa shape index (κ1) is 12.6. The Morgan fingerprint density at radius 1 is 1.10 bits per heavy atom. The Morgan fingerprint density at radius 3 is 2.55 bits per heavy atom. The third-order valence-corrected chi connectivity index (χ3v) is 3.59. The lowest BCUT2D eigenvalue weighted by Crippen LogP contribution is -2.17. The van der Waals surface area contributed by atoms with Crippen LogP contribution in [-0.4, -0.2) is 15.6 Å². The Morgan fingerprint density at radius 2 is 1.80 bits per heavy atom. The SMILES string of the molecule is Cc1ccc(C(=O)C(C)n2ncc3ccccc32)cc1. The number of rotatable bonds is 3. The van der Waals surface area contributed by atoms with Crippen molar-refractivity contribution >= 4 is 16.7 Å². The average molecular weight is 264 g/mol. The normalized spacial score (nSPS) is 12.5. The predicted octanol–water partition coefficient (Wildman–Crippen LogP) is 3.79. The quantitative estimate of drug-likeness (QED) is 0.675. The zero-order chi connectivity index (χ0) is 14.1. The molecule has 3 nitrogen and oxygen atoms in total. The standard InChI is InChI=1S/C17H16N2O/c1-12-7-9-14(10-8-12)17(20)13(2)19-16-6-4-3-5-15(16)11-18-19/h3-11,13H,1-2H3. The fraction of sp³-hybridized carbons (Fsp3) is 0.176. The first-order chi connectivity index (χ1) is 9.66. The number of benzene rings is 2. The Balaban J connectivity index is 1.97. The summed E-state index contributed by atoms with van der Waals surface area (Å²) in [5.41, 5.74) is 2.86. The number of para-hydroxylation sites is 1. The minimum Gasteiger partial charge on any atom is -0.292 e. The molecule has 0 spiro atoms. The van der Waals surface area contributed by atoms with E-state index in [1.165, 1.54) is 0 Å². The summed E-state index contributed by atoms with van der Waals surface area (Å²) >= 11 is 0. The van der Waals surface area contributed by atoms with Gasteiger partial charge in [-0.1, -0.05) is 48.0 Å². The number of nitrogens with zero attached hydrogens (tertiary/aromatic N) is 2. The van der Waals surface area contributed by atoms with E-state index in [4.69, 9.17) is 0 Å². The van der Waals surface area contributed by atoms with Crippen LogP contribution < -0.4 is 0 Å². The van der Waals surface area contributed by atoms with Crippen molar-refractivity contribution in [1.29, 1.82) is 0 Å². The lowest BCUT2D eigenvalue weighted by atomic mass is 10.0. The highest BCUT2D eigenvalue weighted by Gasteiger charge is 2.19. The molecule has 0 amide bonds. The van der Waals surface area contributed by atoms with Crippen molar-refractivity contribution in [3.05, 3.63) is 65.9 Å². The fourth-order valence-corrected chi connectivity index (χ4v) is 2.37. The number of aromatic nitrogens is 2. The second-order valence-corrected chi connectivity index (χ2v) is 5.05. The van der Waals surface area contributed by atoms with Crippen LogP contribution in [0.3, 0.4) is 0 Å². The largest absolute Gasteiger partial charge is 0.292 e. The van der Waals surface area contributed by atoms with Crippen molar-refractivity contribution in [3.63, 3.8) is 0 Å². The van der Waals surface area contributed by atoms with Gasteiger partial charge in [-0.15, -0.1) is 0 Å². The van der Waals surface area contributed by atoms with Crippen molar-refractivity contribution in [3.8, 4) is 0 Å². The number of aryl methyl sites for hydroxylation is 1. The highest BCUT2D eigenvalue weighted by Crippen LogP contribution is 2.20. The monoisotopic (exact) mass is 264 g/mol. The van der Waals surface area contributed by atoms with Gasteiger partial charge in [0.2, 0.25) is 0 Å². The van der Waals surface area contributed by atoms with Crippen LogP contribution >= 0.6 is 0 Å². The zero-order valence-electron chi connectivity index (χ0n) is 11.6. The molecule has 0 saturated carbocycles. The number of hydrogen-bond donors (Lipinski definition) is 0. The number of fused-ring (bicyclic) bond motifs is 1. The molecular formula is C17H16N2O. The third kappa shape index (κ3) is 2.11. The molecule has 3 rings (SSSR count). The summed E-state index contributed by atoms with van der Waals surface area (Å²) in [6.07, 6.45) is 1.80. The maximum atomic E-state index is 12.5. The van der Waals surface area contributed by atoms with E-state index < -0.39 is 0 Å². The van der Waals surface area contributed by atoms with Crippen LogP contribution in [0.5, 0.6) is 0 Å². The highest BCUT2D eigenvalue weighted by atomic mass is 16.1. The molecule has 0 aliphatic heterocycles. The van der Waals surface area contributed by atoms with E-state index in [1.807, 2.05) is 62.4 Å². The van der Waals surface area contributed by atoms with Gasteiger partial charge < -0.3 is 0 Å². The van der Waals surface area contributed by atoms with Gasteiger partial charge in [0.1, 0.15) is 6.04 Å². The van der Waals surface area contributed by atoms with Gasteiger partial charge in [0.15, 0.2) is 5.78 Å². The van der Waals surface area contributed by atoms with Crippen LogP contribution in [0.4, 0.5) is 0 Å². The molecule has 20 heavy (non-hydrogen) atoms. The second-order valence-electron chi connectivity index (χ2n) is 5.05. The molecule has 3 heteroatoms. The summed E-state index contributed by atoms with van der Waals surface area (Å²) in [6, 6.07) is 15.3. The van der Waals surface area contributed by atoms with Crippen LogP contribution in [0.25, 0.3) is 10.9 Å². The number of carbonyl (C=O) groups is 1. The van der Waals surface area contributed by atoms with Crippen LogP contribution in [0.15, 0.2) is 54.7 Å². The molecule has 3 aromatic rings. The summed E-state index contributed by atoms with van der Waals surface area (Å²) in [6.45, 7) is 3.90. The van der Waals surface area contributed by atoms with Crippen LogP contribution in [0.1, 0.15) is 28.9 Å². The van der Waals surface area contributed by atoms with Gasteiger partial charge in [-0.05, 0) is 19.9 Å². The van der Waals surface area contributed by atoms with Gasteiger partial charge in [0, 0.05) is 10.9 Å². The third-order valence-electron chi connectivity index (χ3n) is 3.59. The smallest absolute Gasteiger partial charge is 0.187 e. The van der Waals surface area contributed by atoms with Crippen LogP contribution in [0, 0.1) is 6.92 Å². The van der Waals surface area contributed by atoms with E-state index in [2.05, 4.69) is 5.10 Å². The summed E-state index contributed by atoms with van der Waals surface area (Å²) in [5, 5.41) is 5.41. The zero-order valence-corrected chi connectivity index (χ0v) is 11.6. The summed E-state index contributed by atoms with van der Waals surface area (Å²) < 4.78 is 1.79. The van der Waals surface area contributed by atoms with Crippen molar-refractivity contribution < 1.29 is 4.79 Å². The second kappa shape index (κ2) is 4.93. The summed E-state index contributed by atoms with van der Waals surface area (Å²) in [4.78, 5) is 12.5. The van der Waals surface area contributed by atoms with Crippen LogP contribution in [0.2, 0.25) is 0 Å². The molecule has 0 fully saturated rings. The predicted molar refractivity (Wildman–Crippen MR) is 80.0 cm³/mol. The summed E-state index contributed by atoms with van der Waals surface area (Å²) in [7, 11) is 0. The first-order valence-corrected chi connectivity index (χ1v) is 6.70. The van der Waals surface area contributed by atoms with Crippen molar-refractivity contribution in [2.75, 3.05) is 0 Å². The highest BCUT2D eigenvalue weighted by molar-refractivity contribution is 5.99. The topological polar surface area (TPSA) is 34.9 Å². The molecule has 0 aliphatic carbocycles. The number of Topliss-reactive ketones (excluding diaryl/α,β-unsaturated/α-hetero) is 1. The maximum Gasteiger partial charge on any atom is 0.187 e. The van der Waals surface area contributed by atoms with Crippen molar-refractivity contribution in [2.45, 2.75) is 19.9 Å². The lowest BCUT2D eigenvalue weighted by Gasteiger charge is -2.12. The molecule has 1 atom stereocenters. The van der Waals surface area contributed by atoms with E-state index in [0.717, 1.165) is 22.0 Å². The Labute approximate surface area is 117 Å². The first-order valence-electron chi connectivity index (χ1n) is 6.70. The molecule has 2 aromatic carbocycles. The van der Waals surface area contributed by atoms with Gasteiger partial charge in [0.25, 0.3) is 0 Å². The fourth-order valence-electron chi connectivity index (χ4n) is 2.37. The molecular weight excluding hydrogens is 248 g/mol. The Kier molecular flexibility index (Phi) is 3.11. The molecule has 1 unspecified atom stereocenters. The number of hydrogen-bond acceptors (Lipinski definition) is 2. The van der Waals surface area contributed by atoms with Gasteiger partial charge in [-0.25, -0.2) is 0 Å². The molecule has 0 radical (unpaired) electrons. The van der Waals surface area contributed by atoms with E-state index >= 15 is 0 Å². The summed E-state index contributed by atoms with van der Waals surface area (Å²) in [5.74, 6) is 0.0823. The average Bonchev–Trinajstić information content (AvgIpc) is 2.90. The Hall–Kier alpha value is -2.42. The van der Waals surface area contributed by atoms with E-state index in [9.17, 15) is 4.79 Å². The maximum absolute atomic E-state index is 12.5. The van der Waals surface area contributed by atoms with E-state index in [1.54, 1.807) is 10.9 Å². The molecule has 0 aliphatic rings. The lowest BCUT2D eigenvalue weighted by molar-refractivity contribution is 0.0930. The molecule has 0 saturated heterocycles. The minimum absolute atomic E-state index is 0.0823. The minimum atomic E-state index is -0.308. The molecule has 1 aromatic heterocycles. The Bertz CT molecular complexity index is 756. The van der Waals surface area contributed by atoms with Crippen molar-refractivity contribution in [2.24, 2.45) is 0 Å². The molecule has 1 heterocycles. The molecule has 0 N–H and O–H groups in total. The number of ketones is 1. The van der Waals surface area contributed by atoms with Gasteiger partial charge in [-0.3, -0.25) is 9.48 Å². The van der Waals surface area contributed by atoms with Gasteiger partial charge in [0.05, 0.1) is 11.7 Å². The van der Waals surface area contributed by atoms with Crippen LogP contribution in [-0.2, 0) is 0 Å². The van der Waals surface area contributed by atoms with E-state index in [0.29, 0.717) is 0 Å². The van der Waals surface area contributed by atoms with Gasteiger partial charge in [-0.2, -0.15) is 5.10 Å².